The summed E-state index contributed by atoms with van der Waals surface area (Å²) in [5, 5.41) is 13.1. The van der Waals surface area contributed by atoms with Crippen LogP contribution in [0.1, 0.15) is 33.1 Å². The Morgan fingerprint density at radius 3 is 2.33 bits per heavy atom. The average Bonchev–Trinajstić information content (AvgIpc) is 2.65. The molecule has 1 aromatic carbocycles. The molecule has 0 saturated carbocycles. The molecule has 1 saturated heterocycles. The van der Waals surface area contributed by atoms with Gasteiger partial charge in [0.05, 0.1) is 5.60 Å². The minimum atomic E-state index is -0.767. The maximum absolute atomic E-state index is 12.0. The van der Waals surface area contributed by atoms with Crippen molar-refractivity contribution >= 4 is 11.6 Å². The third kappa shape index (κ3) is 5.49. The van der Waals surface area contributed by atoms with E-state index in [1.54, 1.807) is 0 Å². The number of rotatable bonds is 8. The zero-order valence-corrected chi connectivity index (χ0v) is 15.0. The second kappa shape index (κ2) is 9.04. The van der Waals surface area contributed by atoms with Crippen LogP contribution in [-0.4, -0.2) is 60.8 Å². The van der Waals surface area contributed by atoms with Crippen molar-refractivity contribution in [2.75, 3.05) is 44.2 Å². The molecule has 1 aliphatic heterocycles. The Bertz CT molecular complexity index is 495. The highest BCUT2D eigenvalue weighted by atomic mass is 16.3. The number of amides is 1. The minimum absolute atomic E-state index is 0.0285. The quantitative estimate of drug-likeness (QED) is 0.762. The van der Waals surface area contributed by atoms with Crippen LogP contribution in [0.15, 0.2) is 30.3 Å². The van der Waals surface area contributed by atoms with E-state index in [9.17, 15) is 9.90 Å². The smallest absolute Gasteiger partial charge is 0.221 e. The van der Waals surface area contributed by atoms with E-state index in [0.717, 1.165) is 32.7 Å². The summed E-state index contributed by atoms with van der Waals surface area (Å²) in [7, 11) is 0. The average molecular weight is 333 g/mol. The monoisotopic (exact) mass is 333 g/mol. The molecule has 0 atom stereocenters. The number of carbonyl (C=O) groups excluding carboxylic acids is 1. The number of aliphatic hydroxyl groups is 1. The lowest BCUT2D eigenvalue weighted by atomic mass is 9.97. The van der Waals surface area contributed by atoms with Crippen molar-refractivity contribution in [1.29, 1.82) is 0 Å². The van der Waals surface area contributed by atoms with Crippen molar-refractivity contribution in [2.24, 2.45) is 0 Å². The Kier molecular flexibility index (Phi) is 7.06. The number of piperazine rings is 1. The van der Waals surface area contributed by atoms with Gasteiger partial charge in [-0.25, -0.2) is 0 Å². The molecule has 24 heavy (non-hydrogen) atoms. The standard InChI is InChI=1S/C19H31N3O2/c1-3-19(24,4-2)16-20-18(23)10-11-21-12-14-22(15-13-21)17-8-6-5-7-9-17/h5-9,24H,3-4,10-16H2,1-2H3,(H,20,23). The van der Waals surface area contributed by atoms with Crippen molar-refractivity contribution < 1.29 is 9.90 Å². The predicted molar refractivity (Wildman–Crippen MR) is 98.3 cm³/mol. The molecule has 0 unspecified atom stereocenters. The molecule has 1 fully saturated rings. The molecule has 5 nitrogen and oxygen atoms in total. The Morgan fingerprint density at radius 2 is 1.75 bits per heavy atom. The first-order chi connectivity index (χ1) is 11.6. The first-order valence-electron chi connectivity index (χ1n) is 9.08. The highest BCUT2D eigenvalue weighted by molar-refractivity contribution is 5.76. The van der Waals surface area contributed by atoms with Gasteiger partial charge in [0.15, 0.2) is 0 Å². The van der Waals surface area contributed by atoms with Gasteiger partial charge in [-0.2, -0.15) is 0 Å². The summed E-state index contributed by atoms with van der Waals surface area (Å²) in [5.41, 5.74) is 0.505. The van der Waals surface area contributed by atoms with Gasteiger partial charge in [-0.3, -0.25) is 9.69 Å². The van der Waals surface area contributed by atoms with Gasteiger partial charge in [0.1, 0.15) is 0 Å². The van der Waals surface area contributed by atoms with E-state index < -0.39 is 5.60 Å². The zero-order chi connectivity index (χ0) is 17.4. The van der Waals surface area contributed by atoms with Crippen LogP contribution in [0.4, 0.5) is 5.69 Å². The molecule has 2 N–H and O–H groups in total. The summed E-state index contributed by atoms with van der Waals surface area (Å²) in [4.78, 5) is 16.7. The maximum Gasteiger partial charge on any atom is 0.221 e. The van der Waals surface area contributed by atoms with Crippen LogP contribution in [0.2, 0.25) is 0 Å². The Balaban J connectivity index is 1.66. The van der Waals surface area contributed by atoms with Gasteiger partial charge in [-0.1, -0.05) is 32.0 Å². The normalized spacial score (nSPS) is 16.2. The largest absolute Gasteiger partial charge is 0.388 e. The lowest BCUT2D eigenvalue weighted by Gasteiger charge is -2.36. The molecular weight excluding hydrogens is 302 g/mol. The van der Waals surface area contributed by atoms with Gasteiger partial charge in [-0.15, -0.1) is 0 Å². The summed E-state index contributed by atoms with van der Waals surface area (Å²) in [6, 6.07) is 10.5. The molecular formula is C19H31N3O2. The maximum atomic E-state index is 12.0. The van der Waals surface area contributed by atoms with Crippen LogP contribution >= 0.6 is 0 Å². The van der Waals surface area contributed by atoms with E-state index >= 15 is 0 Å². The first kappa shape index (κ1) is 18.7. The molecule has 5 heteroatoms. The second-order valence-electron chi connectivity index (χ2n) is 6.62. The van der Waals surface area contributed by atoms with Gasteiger partial charge in [0, 0.05) is 51.4 Å². The van der Waals surface area contributed by atoms with Crippen LogP contribution in [0.5, 0.6) is 0 Å². The Hall–Kier alpha value is -1.59. The number of benzene rings is 1. The Labute approximate surface area is 145 Å². The van der Waals surface area contributed by atoms with Gasteiger partial charge in [0.2, 0.25) is 5.91 Å². The number of anilines is 1. The minimum Gasteiger partial charge on any atom is -0.388 e. The van der Waals surface area contributed by atoms with Crippen molar-refractivity contribution in [1.82, 2.24) is 10.2 Å². The SMILES string of the molecule is CCC(O)(CC)CNC(=O)CCN1CCN(c2ccccc2)CC1. The van der Waals surface area contributed by atoms with E-state index in [0.29, 0.717) is 25.8 Å². The highest BCUT2D eigenvalue weighted by Crippen LogP contribution is 2.16. The summed E-state index contributed by atoms with van der Waals surface area (Å²) in [6.07, 6.45) is 1.81. The van der Waals surface area contributed by atoms with E-state index in [2.05, 4.69) is 39.4 Å². The molecule has 0 aromatic heterocycles. The summed E-state index contributed by atoms with van der Waals surface area (Å²) < 4.78 is 0. The molecule has 1 heterocycles. The van der Waals surface area contributed by atoms with Gasteiger partial charge in [0.25, 0.3) is 0 Å². The Morgan fingerprint density at radius 1 is 1.12 bits per heavy atom. The summed E-state index contributed by atoms with van der Waals surface area (Å²) in [5.74, 6) is 0.0285. The molecule has 0 spiro atoms. The number of para-hydroxylation sites is 1. The lowest BCUT2D eigenvalue weighted by molar-refractivity contribution is -0.122. The van der Waals surface area contributed by atoms with E-state index in [1.165, 1.54) is 5.69 Å². The third-order valence-electron chi connectivity index (χ3n) is 5.08. The predicted octanol–water partition coefficient (Wildman–Crippen LogP) is 1.87. The second-order valence-corrected chi connectivity index (χ2v) is 6.62. The molecule has 134 valence electrons. The first-order valence-corrected chi connectivity index (χ1v) is 9.08. The number of nitrogens with zero attached hydrogens (tertiary/aromatic N) is 2. The molecule has 1 amide bonds. The van der Waals surface area contributed by atoms with Crippen molar-refractivity contribution in [3.63, 3.8) is 0 Å². The van der Waals surface area contributed by atoms with Crippen molar-refractivity contribution in [2.45, 2.75) is 38.7 Å². The number of nitrogens with one attached hydrogen (secondary N) is 1. The topological polar surface area (TPSA) is 55.8 Å². The van der Waals surface area contributed by atoms with Crippen LogP contribution in [-0.2, 0) is 4.79 Å². The molecule has 0 radical (unpaired) electrons. The van der Waals surface area contributed by atoms with E-state index in [-0.39, 0.29) is 5.91 Å². The van der Waals surface area contributed by atoms with E-state index in [4.69, 9.17) is 0 Å². The van der Waals surface area contributed by atoms with Gasteiger partial charge in [-0.05, 0) is 25.0 Å². The van der Waals surface area contributed by atoms with Crippen LogP contribution < -0.4 is 10.2 Å². The molecule has 0 aliphatic carbocycles. The fraction of sp³-hybridized carbons (Fsp3) is 0.632. The van der Waals surface area contributed by atoms with Crippen LogP contribution in [0.3, 0.4) is 0 Å². The summed E-state index contributed by atoms with van der Waals surface area (Å²) >= 11 is 0. The van der Waals surface area contributed by atoms with Gasteiger partial charge < -0.3 is 15.3 Å². The zero-order valence-electron chi connectivity index (χ0n) is 15.0. The van der Waals surface area contributed by atoms with Crippen LogP contribution in [0, 0.1) is 0 Å². The molecule has 1 aromatic rings. The number of carbonyl (C=O) groups is 1. The molecule has 1 aliphatic rings. The molecule has 2 rings (SSSR count). The van der Waals surface area contributed by atoms with Gasteiger partial charge >= 0.3 is 0 Å². The van der Waals surface area contributed by atoms with Crippen molar-refractivity contribution in [3.8, 4) is 0 Å². The van der Waals surface area contributed by atoms with Crippen molar-refractivity contribution in [3.05, 3.63) is 30.3 Å². The third-order valence-corrected chi connectivity index (χ3v) is 5.08. The fourth-order valence-corrected chi connectivity index (χ4v) is 2.98. The fourth-order valence-electron chi connectivity index (χ4n) is 2.98. The highest BCUT2D eigenvalue weighted by Gasteiger charge is 2.23. The molecule has 0 bridgehead atoms. The summed E-state index contributed by atoms with van der Waals surface area (Å²) in [6.45, 7) is 8.98. The number of hydrogen-bond donors (Lipinski definition) is 2. The van der Waals surface area contributed by atoms with E-state index in [1.807, 2.05) is 19.9 Å². The lowest BCUT2D eigenvalue weighted by Crippen LogP contribution is -2.48. The number of hydrogen-bond acceptors (Lipinski definition) is 4. The van der Waals surface area contributed by atoms with Crippen LogP contribution in [0.25, 0.3) is 0 Å².